The molecule has 7 heteroatoms. The molecule has 3 nitrogen and oxygen atoms in total. The van der Waals surface area contributed by atoms with Gasteiger partial charge in [0.2, 0.25) is 5.82 Å². The van der Waals surface area contributed by atoms with Gasteiger partial charge in [0.25, 0.3) is 0 Å². The number of hydrogen-bond acceptors (Lipinski definition) is 3. The van der Waals surface area contributed by atoms with E-state index in [-0.39, 0.29) is 47.7 Å². The molecular formula is C28H28F4O3. The third-order valence-electron chi connectivity index (χ3n) is 6.64. The van der Waals surface area contributed by atoms with Crippen molar-refractivity contribution in [2.75, 3.05) is 13.2 Å². The molecule has 0 aliphatic heterocycles. The van der Waals surface area contributed by atoms with Crippen LogP contribution in [0.5, 0.6) is 11.5 Å². The summed E-state index contributed by atoms with van der Waals surface area (Å²) in [5, 5.41) is 9.41. The standard InChI is InChI=1S/C28H28F4O3/c1-2-34-16-20-9-14-24(28(32)25(20)29)35-15-17-3-5-18(6-4-17)22-12-13-23(27(31)26(22)30)19-7-10-21(33)11-8-19/h7-14,17-18,33H,2-6,15-16H2,1H3. The number of hydrogen-bond donors (Lipinski definition) is 1. The zero-order valence-electron chi connectivity index (χ0n) is 19.5. The van der Waals surface area contributed by atoms with Gasteiger partial charge in [0, 0.05) is 17.7 Å². The van der Waals surface area contributed by atoms with E-state index in [1.54, 1.807) is 31.2 Å². The molecule has 0 saturated heterocycles. The van der Waals surface area contributed by atoms with Gasteiger partial charge >= 0.3 is 0 Å². The lowest BCUT2D eigenvalue weighted by molar-refractivity contribution is 0.130. The fraction of sp³-hybridized carbons (Fsp3) is 0.357. The first-order valence-corrected chi connectivity index (χ1v) is 11.8. The van der Waals surface area contributed by atoms with E-state index in [0.717, 1.165) is 0 Å². The van der Waals surface area contributed by atoms with E-state index in [1.165, 1.54) is 24.3 Å². The Morgan fingerprint density at radius 3 is 2.20 bits per heavy atom. The Bertz CT molecular complexity index is 1160. The Hall–Kier alpha value is -3.06. The summed E-state index contributed by atoms with van der Waals surface area (Å²) in [5.74, 6) is -3.83. The number of halogens is 4. The average Bonchev–Trinajstić information content (AvgIpc) is 2.87. The van der Waals surface area contributed by atoms with Crippen molar-refractivity contribution in [3.05, 3.63) is 82.9 Å². The first-order chi connectivity index (χ1) is 16.9. The highest BCUT2D eigenvalue weighted by atomic mass is 19.2. The van der Waals surface area contributed by atoms with Crippen molar-refractivity contribution in [3.63, 3.8) is 0 Å². The zero-order chi connectivity index (χ0) is 24.9. The van der Waals surface area contributed by atoms with Crippen molar-refractivity contribution in [2.45, 2.75) is 45.1 Å². The number of rotatable bonds is 8. The molecule has 35 heavy (non-hydrogen) atoms. The van der Waals surface area contributed by atoms with Crippen molar-refractivity contribution in [1.82, 2.24) is 0 Å². The Morgan fingerprint density at radius 2 is 1.51 bits per heavy atom. The molecular weight excluding hydrogens is 460 g/mol. The van der Waals surface area contributed by atoms with Crippen LogP contribution in [0.2, 0.25) is 0 Å². The molecule has 0 aromatic heterocycles. The van der Waals surface area contributed by atoms with E-state index in [1.807, 2.05) is 0 Å². The van der Waals surface area contributed by atoms with Crippen LogP contribution < -0.4 is 4.74 Å². The average molecular weight is 489 g/mol. The van der Waals surface area contributed by atoms with E-state index in [0.29, 0.717) is 43.4 Å². The molecule has 1 aliphatic carbocycles. The largest absolute Gasteiger partial charge is 0.508 e. The first-order valence-electron chi connectivity index (χ1n) is 11.8. The van der Waals surface area contributed by atoms with Gasteiger partial charge in [-0.2, -0.15) is 4.39 Å². The number of phenols is 1. The van der Waals surface area contributed by atoms with Crippen LogP contribution in [-0.4, -0.2) is 18.3 Å². The SMILES string of the molecule is CCOCc1ccc(OCC2CCC(c3ccc(-c4ccc(O)cc4)c(F)c3F)CC2)c(F)c1F. The fourth-order valence-corrected chi connectivity index (χ4v) is 4.60. The van der Waals surface area contributed by atoms with Gasteiger partial charge in [0.05, 0.1) is 13.2 Å². The molecule has 4 rings (SSSR count). The molecule has 1 fully saturated rings. The summed E-state index contributed by atoms with van der Waals surface area (Å²) in [6.07, 6.45) is 2.70. The predicted molar refractivity (Wildman–Crippen MR) is 125 cm³/mol. The number of aromatic hydroxyl groups is 1. The quantitative estimate of drug-likeness (QED) is 0.334. The van der Waals surface area contributed by atoms with Crippen molar-refractivity contribution < 1.29 is 32.1 Å². The minimum absolute atomic E-state index is 0.00335. The topological polar surface area (TPSA) is 38.7 Å². The van der Waals surface area contributed by atoms with Gasteiger partial charge in [-0.25, -0.2) is 13.2 Å². The monoisotopic (exact) mass is 488 g/mol. The highest BCUT2D eigenvalue weighted by Crippen LogP contribution is 2.39. The predicted octanol–water partition coefficient (Wildman–Crippen LogP) is 7.50. The molecule has 0 bridgehead atoms. The van der Waals surface area contributed by atoms with Crippen molar-refractivity contribution in [3.8, 4) is 22.6 Å². The molecule has 0 heterocycles. The number of benzene rings is 3. The van der Waals surface area contributed by atoms with Crippen LogP contribution in [0.25, 0.3) is 11.1 Å². The van der Waals surface area contributed by atoms with Gasteiger partial charge in [-0.15, -0.1) is 0 Å². The lowest BCUT2D eigenvalue weighted by atomic mass is 9.78. The second-order valence-electron chi connectivity index (χ2n) is 8.89. The third kappa shape index (κ3) is 5.61. The maximum absolute atomic E-state index is 14.9. The van der Waals surface area contributed by atoms with Crippen LogP contribution >= 0.6 is 0 Å². The molecule has 0 unspecified atom stereocenters. The second-order valence-corrected chi connectivity index (χ2v) is 8.89. The smallest absolute Gasteiger partial charge is 0.200 e. The Morgan fingerprint density at radius 1 is 0.800 bits per heavy atom. The molecule has 0 amide bonds. The van der Waals surface area contributed by atoms with Gasteiger partial charge in [0.15, 0.2) is 23.2 Å². The van der Waals surface area contributed by atoms with Crippen LogP contribution in [-0.2, 0) is 11.3 Å². The maximum atomic E-state index is 14.9. The maximum Gasteiger partial charge on any atom is 0.200 e. The summed E-state index contributed by atoms with van der Waals surface area (Å²) in [4.78, 5) is 0. The summed E-state index contributed by atoms with van der Waals surface area (Å²) in [5.41, 5.74) is 1.13. The highest BCUT2D eigenvalue weighted by molar-refractivity contribution is 5.65. The van der Waals surface area contributed by atoms with Gasteiger partial charge in [-0.3, -0.25) is 0 Å². The summed E-state index contributed by atoms with van der Waals surface area (Å²) in [6, 6.07) is 12.0. The van der Waals surface area contributed by atoms with Crippen LogP contribution in [0.4, 0.5) is 17.6 Å². The molecule has 186 valence electrons. The van der Waals surface area contributed by atoms with Crippen LogP contribution in [0.15, 0.2) is 48.5 Å². The molecule has 0 spiro atoms. The van der Waals surface area contributed by atoms with Crippen LogP contribution in [0.1, 0.15) is 49.7 Å². The van der Waals surface area contributed by atoms with Crippen molar-refractivity contribution >= 4 is 0 Å². The van der Waals surface area contributed by atoms with Gasteiger partial charge in [-0.1, -0.05) is 24.3 Å². The molecule has 0 radical (unpaired) electrons. The number of ether oxygens (including phenoxy) is 2. The van der Waals surface area contributed by atoms with Crippen LogP contribution in [0, 0.1) is 29.2 Å². The first kappa shape index (κ1) is 25.0. The normalized spacial score (nSPS) is 18.0. The zero-order valence-corrected chi connectivity index (χ0v) is 19.5. The molecule has 1 saturated carbocycles. The summed E-state index contributed by atoms with van der Waals surface area (Å²) >= 11 is 0. The summed E-state index contributed by atoms with van der Waals surface area (Å²) < 4.78 is 69.0. The van der Waals surface area contributed by atoms with Crippen molar-refractivity contribution in [2.24, 2.45) is 5.92 Å². The summed E-state index contributed by atoms with van der Waals surface area (Å²) in [6.45, 7) is 2.40. The van der Waals surface area contributed by atoms with E-state index in [2.05, 4.69) is 0 Å². The van der Waals surface area contributed by atoms with E-state index in [9.17, 15) is 22.7 Å². The third-order valence-corrected chi connectivity index (χ3v) is 6.64. The fourth-order valence-electron chi connectivity index (χ4n) is 4.60. The van der Waals surface area contributed by atoms with Gasteiger partial charge in [0.1, 0.15) is 5.75 Å². The molecule has 1 aliphatic rings. The van der Waals surface area contributed by atoms with E-state index >= 15 is 0 Å². The number of phenolic OH excluding ortho intramolecular Hbond substituents is 1. The Balaban J connectivity index is 1.36. The van der Waals surface area contributed by atoms with E-state index in [4.69, 9.17) is 9.47 Å². The summed E-state index contributed by atoms with van der Waals surface area (Å²) in [7, 11) is 0. The van der Waals surface area contributed by atoms with Crippen molar-refractivity contribution in [1.29, 1.82) is 0 Å². The van der Waals surface area contributed by atoms with E-state index < -0.39 is 23.3 Å². The van der Waals surface area contributed by atoms with Gasteiger partial charge < -0.3 is 14.6 Å². The molecule has 0 atom stereocenters. The second kappa shape index (κ2) is 11.1. The molecule has 1 N–H and O–H groups in total. The van der Waals surface area contributed by atoms with Crippen LogP contribution in [0.3, 0.4) is 0 Å². The highest BCUT2D eigenvalue weighted by Gasteiger charge is 2.27. The lowest BCUT2D eigenvalue weighted by Crippen LogP contribution is -2.20. The Labute approximate surface area is 202 Å². The minimum Gasteiger partial charge on any atom is -0.508 e. The minimum atomic E-state index is -1.03. The molecule has 3 aromatic carbocycles. The van der Waals surface area contributed by atoms with Gasteiger partial charge in [-0.05, 0) is 79.8 Å². The molecule has 3 aromatic rings. The Kier molecular flexibility index (Phi) is 7.96. The lowest BCUT2D eigenvalue weighted by Gasteiger charge is -2.29.